The van der Waals surface area contributed by atoms with Gasteiger partial charge >= 0.3 is 5.97 Å². The molecule has 1 aromatic carbocycles. The zero-order chi connectivity index (χ0) is 13.8. The lowest BCUT2D eigenvalue weighted by molar-refractivity contribution is -0.141. The Kier molecular flexibility index (Phi) is 3.85. The molecular formula is C14H15NO4. The molecule has 1 heterocycles. The van der Waals surface area contributed by atoms with Gasteiger partial charge in [0.05, 0.1) is 12.7 Å². The Labute approximate surface area is 110 Å². The van der Waals surface area contributed by atoms with Crippen molar-refractivity contribution in [2.45, 2.75) is 25.8 Å². The van der Waals surface area contributed by atoms with E-state index in [4.69, 9.17) is 9.52 Å². The zero-order valence-corrected chi connectivity index (χ0v) is 10.6. The van der Waals surface area contributed by atoms with Gasteiger partial charge in [-0.25, -0.2) is 4.79 Å². The Balaban J connectivity index is 2.09. The minimum absolute atomic E-state index is 0.112. The summed E-state index contributed by atoms with van der Waals surface area (Å²) in [5, 5.41) is 12.3. The SMILES string of the molecule is CCC(NC(=O)Cc1coc2ccccc12)C(=O)O. The number of rotatable bonds is 5. The molecule has 1 atom stereocenters. The van der Waals surface area contributed by atoms with Crippen LogP contribution in [0.5, 0.6) is 0 Å². The third-order valence-electron chi connectivity index (χ3n) is 2.95. The Morgan fingerprint density at radius 2 is 2.11 bits per heavy atom. The van der Waals surface area contributed by atoms with E-state index >= 15 is 0 Å². The van der Waals surface area contributed by atoms with E-state index in [-0.39, 0.29) is 12.3 Å². The minimum atomic E-state index is -1.02. The molecule has 0 aliphatic heterocycles. The van der Waals surface area contributed by atoms with Gasteiger partial charge in [-0.05, 0) is 12.5 Å². The summed E-state index contributed by atoms with van der Waals surface area (Å²) >= 11 is 0. The van der Waals surface area contributed by atoms with E-state index in [1.54, 1.807) is 6.92 Å². The number of benzene rings is 1. The molecule has 2 rings (SSSR count). The van der Waals surface area contributed by atoms with E-state index < -0.39 is 12.0 Å². The molecule has 0 saturated heterocycles. The van der Waals surface area contributed by atoms with Crippen LogP contribution in [0.1, 0.15) is 18.9 Å². The summed E-state index contributed by atoms with van der Waals surface area (Å²) in [6.45, 7) is 1.71. The number of nitrogens with one attached hydrogen (secondary N) is 1. The van der Waals surface area contributed by atoms with Crippen molar-refractivity contribution in [3.63, 3.8) is 0 Å². The van der Waals surface area contributed by atoms with Crippen molar-refractivity contribution in [1.82, 2.24) is 5.32 Å². The second kappa shape index (κ2) is 5.56. The van der Waals surface area contributed by atoms with Crippen LogP contribution in [-0.4, -0.2) is 23.0 Å². The Morgan fingerprint density at radius 1 is 1.37 bits per heavy atom. The fraction of sp³-hybridized carbons (Fsp3) is 0.286. The molecule has 0 saturated carbocycles. The second-order valence-corrected chi connectivity index (χ2v) is 4.30. The highest BCUT2D eigenvalue weighted by Crippen LogP contribution is 2.20. The number of hydrogen-bond acceptors (Lipinski definition) is 3. The van der Waals surface area contributed by atoms with Gasteiger partial charge < -0.3 is 14.8 Å². The molecule has 5 nitrogen and oxygen atoms in total. The van der Waals surface area contributed by atoms with Gasteiger partial charge in [-0.3, -0.25) is 4.79 Å². The summed E-state index contributed by atoms with van der Waals surface area (Å²) in [7, 11) is 0. The second-order valence-electron chi connectivity index (χ2n) is 4.30. The predicted molar refractivity (Wildman–Crippen MR) is 69.8 cm³/mol. The number of carbonyl (C=O) groups is 2. The minimum Gasteiger partial charge on any atom is -0.480 e. The van der Waals surface area contributed by atoms with Crippen LogP contribution in [0.4, 0.5) is 0 Å². The van der Waals surface area contributed by atoms with Crippen LogP contribution in [0.2, 0.25) is 0 Å². The lowest BCUT2D eigenvalue weighted by atomic mass is 10.1. The fourth-order valence-corrected chi connectivity index (χ4v) is 1.93. The van der Waals surface area contributed by atoms with Crippen molar-refractivity contribution in [3.05, 3.63) is 36.1 Å². The molecule has 0 fully saturated rings. The molecule has 19 heavy (non-hydrogen) atoms. The van der Waals surface area contributed by atoms with Crippen molar-refractivity contribution in [1.29, 1.82) is 0 Å². The third kappa shape index (κ3) is 2.93. The molecule has 0 bridgehead atoms. The van der Waals surface area contributed by atoms with Crippen molar-refractivity contribution < 1.29 is 19.1 Å². The lowest BCUT2D eigenvalue weighted by Crippen LogP contribution is -2.40. The molecule has 1 aromatic heterocycles. The van der Waals surface area contributed by atoms with Crippen LogP contribution in [0.15, 0.2) is 34.9 Å². The Hall–Kier alpha value is -2.30. The van der Waals surface area contributed by atoms with E-state index in [2.05, 4.69) is 5.32 Å². The topological polar surface area (TPSA) is 79.5 Å². The maximum Gasteiger partial charge on any atom is 0.326 e. The molecule has 0 radical (unpaired) electrons. The quantitative estimate of drug-likeness (QED) is 0.862. The van der Waals surface area contributed by atoms with E-state index in [0.717, 1.165) is 16.5 Å². The molecule has 100 valence electrons. The Bertz CT molecular complexity index is 602. The van der Waals surface area contributed by atoms with Gasteiger partial charge in [0.1, 0.15) is 11.6 Å². The maximum atomic E-state index is 11.8. The van der Waals surface area contributed by atoms with E-state index in [1.807, 2.05) is 24.3 Å². The molecular weight excluding hydrogens is 246 g/mol. The molecule has 2 aromatic rings. The maximum absolute atomic E-state index is 11.8. The van der Waals surface area contributed by atoms with Crippen LogP contribution in [0, 0.1) is 0 Å². The van der Waals surface area contributed by atoms with Gasteiger partial charge in [-0.15, -0.1) is 0 Å². The van der Waals surface area contributed by atoms with Crippen molar-refractivity contribution >= 4 is 22.8 Å². The molecule has 1 amide bonds. The number of carboxylic acids is 1. The predicted octanol–water partition coefficient (Wildman–Crippen LogP) is 1.95. The molecule has 0 aliphatic rings. The highest BCUT2D eigenvalue weighted by molar-refractivity contribution is 5.89. The summed E-state index contributed by atoms with van der Waals surface area (Å²) < 4.78 is 5.33. The van der Waals surface area contributed by atoms with Crippen molar-refractivity contribution in [3.8, 4) is 0 Å². The molecule has 1 unspecified atom stereocenters. The molecule has 2 N–H and O–H groups in total. The number of furan rings is 1. The number of fused-ring (bicyclic) bond motifs is 1. The summed E-state index contributed by atoms with van der Waals surface area (Å²) in [5.74, 6) is -1.34. The zero-order valence-electron chi connectivity index (χ0n) is 10.6. The van der Waals surface area contributed by atoms with Crippen LogP contribution in [-0.2, 0) is 16.0 Å². The van der Waals surface area contributed by atoms with Gasteiger partial charge in [0.2, 0.25) is 5.91 Å². The van der Waals surface area contributed by atoms with Gasteiger partial charge in [-0.2, -0.15) is 0 Å². The molecule has 0 aliphatic carbocycles. The number of carboxylic acid groups (broad SMARTS) is 1. The molecule has 0 spiro atoms. The number of carbonyl (C=O) groups excluding carboxylic acids is 1. The smallest absolute Gasteiger partial charge is 0.326 e. The monoisotopic (exact) mass is 261 g/mol. The summed E-state index contributed by atoms with van der Waals surface area (Å²) in [5.41, 5.74) is 1.48. The van der Waals surface area contributed by atoms with E-state index in [1.165, 1.54) is 6.26 Å². The third-order valence-corrected chi connectivity index (χ3v) is 2.95. The average molecular weight is 261 g/mol. The van der Waals surface area contributed by atoms with Gasteiger partial charge in [-0.1, -0.05) is 25.1 Å². The first-order valence-corrected chi connectivity index (χ1v) is 6.09. The highest BCUT2D eigenvalue weighted by Gasteiger charge is 2.18. The summed E-state index contributed by atoms with van der Waals surface area (Å²) in [4.78, 5) is 22.7. The lowest BCUT2D eigenvalue weighted by Gasteiger charge is -2.11. The van der Waals surface area contributed by atoms with Crippen molar-refractivity contribution in [2.75, 3.05) is 0 Å². The number of amides is 1. The van der Waals surface area contributed by atoms with E-state index in [0.29, 0.717) is 6.42 Å². The normalized spacial score (nSPS) is 12.3. The largest absolute Gasteiger partial charge is 0.480 e. The van der Waals surface area contributed by atoms with E-state index in [9.17, 15) is 9.59 Å². The fourth-order valence-electron chi connectivity index (χ4n) is 1.93. The number of para-hydroxylation sites is 1. The van der Waals surface area contributed by atoms with Gasteiger partial charge in [0.25, 0.3) is 0 Å². The van der Waals surface area contributed by atoms with Gasteiger partial charge in [0.15, 0.2) is 0 Å². The highest BCUT2D eigenvalue weighted by atomic mass is 16.4. The van der Waals surface area contributed by atoms with Crippen LogP contribution in [0.25, 0.3) is 11.0 Å². The summed E-state index contributed by atoms with van der Waals surface area (Å²) in [6.07, 6.45) is 2.00. The van der Waals surface area contributed by atoms with Crippen LogP contribution >= 0.6 is 0 Å². The standard InChI is InChI=1S/C14H15NO4/c1-2-11(14(17)18)15-13(16)7-9-8-19-12-6-4-3-5-10(9)12/h3-6,8,11H,2,7H2,1H3,(H,15,16)(H,17,18). The first-order valence-electron chi connectivity index (χ1n) is 6.09. The average Bonchev–Trinajstić information content (AvgIpc) is 2.79. The number of hydrogen-bond donors (Lipinski definition) is 2. The van der Waals surface area contributed by atoms with Crippen LogP contribution < -0.4 is 5.32 Å². The summed E-state index contributed by atoms with van der Waals surface area (Å²) in [6, 6.07) is 6.57. The van der Waals surface area contributed by atoms with Crippen LogP contribution in [0.3, 0.4) is 0 Å². The van der Waals surface area contributed by atoms with Crippen molar-refractivity contribution in [2.24, 2.45) is 0 Å². The number of aliphatic carboxylic acids is 1. The molecule has 5 heteroatoms. The Morgan fingerprint density at radius 3 is 2.79 bits per heavy atom. The van der Waals surface area contributed by atoms with Gasteiger partial charge in [0, 0.05) is 10.9 Å². The first kappa shape index (κ1) is 13.1. The first-order chi connectivity index (χ1) is 9.11.